The van der Waals surface area contributed by atoms with E-state index in [-0.39, 0.29) is 26.2 Å². The van der Waals surface area contributed by atoms with Crippen LogP contribution in [0, 0.1) is 0 Å². The van der Waals surface area contributed by atoms with Crippen LogP contribution in [0.5, 0.6) is 0 Å². The third kappa shape index (κ3) is 17.1. The lowest BCUT2D eigenvalue weighted by atomic mass is 10.0. The zero-order valence-corrected chi connectivity index (χ0v) is 32.6. The first-order valence-electron chi connectivity index (χ1n) is 16.9. The molecule has 0 bridgehead atoms. The number of benzene rings is 2. The summed E-state index contributed by atoms with van der Waals surface area (Å²) in [5.41, 5.74) is 4.00. The van der Waals surface area contributed by atoms with Crippen molar-refractivity contribution in [3.63, 3.8) is 0 Å². The minimum Gasteiger partial charge on any atom is -0.324 e. The maximum absolute atomic E-state index is 11.7. The minimum atomic E-state index is -4.32. The average molecular weight is 813 g/mol. The second-order valence-corrected chi connectivity index (χ2v) is 20.1. The van der Waals surface area contributed by atoms with Crippen LogP contribution in [0.25, 0.3) is 11.1 Å². The van der Waals surface area contributed by atoms with Gasteiger partial charge in [0.05, 0.1) is 0 Å². The summed E-state index contributed by atoms with van der Waals surface area (Å²) < 4.78 is 46.8. The largest absolute Gasteiger partial charge is 0.339 e. The van der Waals surface area contributed by atoms with Gasteiger partial charge in [-0.3, -0.25) is 47.7 Å². The molecule has 2 saturated heterocycles. The van der Waals surface area contributed by atoms with E-state index in [0.717, 1.165) is 22.3 Å². The SMILES string of the molecule is O=P(O)(O)CN1CCN(Cc2ccc(-c3ccc(CN4CCN(CP(=O)(O)O)CCN(CP(=O)(O)O)CC4)cc3)cc2)CCN(CP(=O)(O)O)CC1. The van der Waals surface area contributed by atoms with Gasteiger partial charge in [-0.2, -0.15) is 0 Å². The Morgan fingerprint density at radius 1 is 0.346 bits per heavy atom. The zero-order chi connectivity index (χ0) is 38.2. The minimum absolute atomic E-state index is 0.278. The summed E-state index contributed by atoms with van der Waals surface area (Å²) in [7, 11) is -17.3. The number of nitrogens with zero attached hydrogens (tertiary/aromatic N) is 6. The lowest BCUT2D eigenvalue weighted by Gasteiger charge is -2.26. The Morgan fingerprint density at radius 2 is 0.538 bits per heavy atom. The molecule has 2 aromatic carbocycles. The van der Waals surface area contributed by atoms with E-state index in [1.165, 1.54) is 0 Å². The molecule has 2 aromatic rings. The van der Waals surface area contributed by atoms with Crippen molar-refractivity contribution in [2.24, 2.45) is 0 Å². The van der Waals surface area contributed by atoms with Gasteiger partial charge in [-0.1, -0.05) is 48.5 Å². The molecule has 0 radical (unpaired) electrons. The van der Waals surface area contributed by atoms with Crippen LogP contribution in [-0.4, -0.2) is 172 Å². The highest BCUT2D eigenvalue weighted by atomic mass is 31.2. The summed E-state index contributed by atoms with van der Waals surface area (Å²) in [5, 5.41) is 0. The van der Waals surface area contributed by atoms with E-state index in [4.69, 9.17) is 0 Å². The molecule has 18 nitrogen and oxygen atoms in total. The highest BCUT2D eigenvalue weighted by Gasteiger charge is 2.27. The van der Waals surface area contributed by atoms with E-state index in [9.17, 15) is 57.4 Å². The summed E-state index contributed by atoms with van der Waals surface area (Å²) >= 11 is 0. The third-order valence-corrected chi connectivity index (χ3v) is 12.1. The normalized spacial score (nSPS) is 20.1. The first kappa shape index (κ1) is 43.5. The van der Waals surface area contributed by atoms with Crippen molar-refractivity contribution >= 4 is 30.4 Å². The van der Waals surface area contributed by atoms with Crippen molar-refractivity contribution in [3.05, 3.63) is 59.7 Å². The Labute approximate surface area is 304 Å². The molecule has 0 saturated carbocycles. The first-order chi connectivity index (χ1) is 24.2. The Bertz CT molecular complexity index is 1430. The Balaban J connectivity index is 1.38. The van der Waals surface area contributed by atoms with Crippen LogP contribution in [-0.2, 0) is 31.3 Å². The topological polar surface area (TPSA) is 250 Å². The number of hydrogen-bond donors (Lipinski definition) is 8. The van der Waals surface area contributed by atoms with Crippen LogP contribution in [0.4, 0.5) is 0 Å². The predicted molar refractivity (Wildman–Crippen MR) is 196 cm³/mol. The molecule has 0 atom stereocenters. The van der Waals surface area contributed by atoms with Crippen LogP contribution >= 0.6 is 30.4 Å². The maximum atomic E-state index is 11.7. The van der Waals surface area contributed by atoms with E-state index in [0.29, 0.717) is 65.4 Å². The van der Waals surface area contributed by atoms with Crippen LogP contribution in [0.1, 0.15) is 11.1 Å². The van der Waals surface area contributed by atoms with Crippen LogP contribution in [0.2, 0.25) is 0 Å². The van der Waals surface area contributed by atoms with Crippen molar-refractivity contribution in [2.75, 3.05) is 104 Å². The standard InChI is InChI=1S/C30H52N6O12P4/c37-49(38,39)23-33-13-9-31(10-14-34(18-17-33)24-50(40,41)42)21-27-1-5-29(6-2-27)30-7-3-28(4-8-30)22-32-11-15-35(25-51(43,44)45)19-20-36(16-12-32)26-52(46,47)48/h1-8H,9-26H2,(H2,37,38,39)(H2,40,41,42)(H2,43,44,45)(H2,46,47,48). The molecule has 0 amide bonds. The van der Waals surface area contributed by atoms with Gasteiger partial charge in [0.2, 0.25) is 0 Å². The number of hydrogen-bond acceptors (Lipinski definition) is 10. The van der Waals surface area contributed by atoms with Crippen molar-refractivity contribution in [3.8, 4) is 11.1 Å². The quantitative estimate of drug-likeness (QED) is 0.130. The fraction of sp³-hybridized carbons (Fsp3) is 0.600. The Morgan fingerprint density at radius 3 is 0.731 bits per heavy atom. The molecule has 2 fully saturated rings. The highest BCUT2D eigenvalue weighted by Crippen LogP contribution is 2.38. The fourth-order valence-electron chi connectivity index (χ4n) is 6.41. The summed E-state index contributed by atoms with van der Waals surface area (Å²) in [6, 6.07) is 16.1. The van der Waals surface area contributed by atoms with Crippen molar-refractivity contribution in [2.45, 2.75) is 13.1 Å². The summed E-state index contributed by atoms with van der Waals surface area (Å²) in [6.45, 7) is 5.87. The molecule has 0 unspecified atom stereocenters. The molecule has 52 heavy (non-hydrogen) atoms. The van der Waals surface area contributed by atoms with Gasteiger partial charge in [0, 0.05) is 91.6 Å². The van der Waals surface area contributed by atoms with Gasteiger partial charge in [-0.05, 0) is 22.3 Å². The van der Waals surface area contributed by atoms with Gasteiger partial charge in [-0.15, -0.1) is 0 Å². The molecule has 0 aliphatic carbocycles. The first-order valence-corrected chi connectivity index (χ1v) is 24.1. The third-order valence-electron chi connectivity index (χ3n) is 8.99. The molecule has 2 aliphatic heterocycles. The Hall–Kier alpha value is -1.20. The van der Waals surface area contributed by atoms with E-state index < -0.39 is 55.5 Å². The van der Waals surface area contributed by atoms with Crippen molar-refractivity contribution in [1.82, 2.24) is 29.4 Å². The lowest BCUT2D eigenvalue weighted by molar-refractivity contribution is 0.217. The predicted octanol–water partition coefficient (Wildman–Crippen LogP) is 0.734. The Kier molecular flexibility index (Phi) is 16.0. The average Bonchev–Trinajstić information content (AvgIpc) is 3.15. The smallest absolute Gasteiger partial charge is 0.324 e. The molecule has 4 rings (SSSR count). The second kappa shape index (κ2) is 19.1. The fourth-order valence-corrected chi connectivity index (χ4v) is 9.63. The summed E-state index contributed by atoms with van der Waals surface area (Å²) in [4.78, 5) is 87.1. The van der Waals surface area contributed by atoms with Gasteiger partial charge in [0.1, 0.15) is 25.1 Å². The number of rotatable bonds is 13. The molecular formula is C30H52N6O12P4. The molecular weight excluding hydrogens is 760 g/mol. The van der Waals surface area contributed by atoms with Crippen LogP contribution < -0.4 is 0 Å². The van der Waals surface area contributed by atoms with Gasteiger partial charge >= 0.3 is 30.4 Å². The van der Waals surface area contributed by atoms with Gasteiger partial charge in [0.25, 0.3) is 0 Å². The molecule has 2 aliphatic rings. The highest BCUT2D eigenvalue weighted by molar-refractivity contribution is 7.52. The van der Waals surface area contributed by atoms with E-state index in [2.05, 4.69) is 9.80 Å². The second-order valence-electron chi connectivity index (χ2n) is 13.6. The molecule has 22 heteroatoms. The summed E-state index contributed by atoms with van der Waals surface area (Å²) in [5.74, 6) is 0. The lowest BCUT2D eigenvalue weighted by Crippen LogP contribution is -2.36. The molecule has 294 valence electrons. The van der Waals surface area contributed by atoms with Gasteiger partial charge < -0.3 is 39.1 Å². The van der Waals surface area contributed by atoms with Gasteiger partial charge in [0.15, 0.2) is 0 Å². The molecule has 0 aromatic heterocycles. The zero-order valence-electron chi connectivity index (χ0n) is 29.0. The van der Waals surface area contributed by atoms with E-state index >= 15 is 0 Å². The molecule has 2 heterocycles. The van der Waals surface area contributed by atoms with E-state index in [1.807, 2.05) is 48.5 Å². The summed E-state index contributed by atoms with van der Waals surface area (Å²) in [6.07, 6.45) is -1.70. The molecule has 0 spiro atoms. The van der Waals surface area contributed by atoms with Crippen molar-refractivity contribution in [1.29, 1.82) is 0 Å². The van der Waals surface area contributed by atoms with Crippen LogP contribution in [0.15, 0.2) is 48.5 Å². The maximum Gasteiger partial charge on any atom is 0.339 e. The van der Waals surface area contributed by atoms with E-state index in [1.54, 1.807) is 19.6 Å². The van der Waals surface area contributed by atoms with Crippen molar-refractivity contribution < 1.29 is 57.4 Å². The molecule has 8 N–H and O–H groups in total. The van der Waals surface area contributed by atoms with Crippen LogP contribution in [0.3, 0.4) is 0 Å². The monoisotopic (exact) mass is 812 g/mol. The van der Waals surface area contributed by atoms with Gasteiger partial charge in [-0.25, -0.2) is 0 Å².